The van der Waals surface area contributed by atoms with E-state index in [1.54, 1.807) is 36.0 Å². The Morgan fingerprint density at radius 3 is 2.67 bits per heavy atom. The summed E-state index contributed by atoms with van der Waals surface area (Å²) in [5.74, 6) is 1.42. The summed E-state index contributed by atoms with van der Waals surface area (Å²) in [6.07, 6.45) is 3.71. The van der Waals surface area contributed by atoms with Gasteiger partial charge in [-0.1, -0.05) is 23.4 Å². The normalized spacial score (nSPS) is 13.6. The third-order valence-electron chi connectivity index (χ3n) is 6.13. The van der Waals surface area contributed by atoms with Gasteiger partial charge < -0.3 is 18.9 Å². The van der Waals surface area contributed by atoms with Gasteiger partial charge in [0.2, 0.25) is 11.7 Å². The van der Waals surface area contributed by atoms with E-state index in [1.165, 1.54) is 0 Å². The Labute approximate surface area is 205 Å². The predicted octanol–water partition coefficient (Wildman–Crippen LogP) is 3.29. The standard InChI is InChI=1S/C25H23N7O4/c1-34-15-18-12-21(30-36-18)23-28-27-22-19-6-2-3-7-20(19)24(29-32(22)23)35-14-17-9-8-16(13-26-17)25(33)31-10-4-5-11-31/h2-3,6-9,12-13H,4-5,10-11,14-15H2,1H3. The second kappa shape index (κ2) is 9.34. The molecule has 5 heterocycles. The number of amides is 1. The Bertz CT molecular complexity index is 1540. The highest BCUT2D eigenvalue weighted by Crippen LogP contribution is 2.29. The molecular weight excluding hydrogens is 462 g/mol. The summed E-state index contributed by atoms with van der Waals surface area (Å²) < 4.78 is 18.1. The fraction of sp³-hybridized carbons (Fsp3) is 0.280. The van der Waals surface area contributed by atoms with Crippen LogP contribution in [-0.4, -0.2) is 61.0 Å². The summed E-state index contributed by atoms with van der Waals surface area (Å²) in [6.45, 7) is 2.08. The Morgan fingerprint density at radius 1 is 1.06 bits per heavy atom. The number of carbonyl (C=O) groups excluding carboxylic acids is 1. The van der Waals surface area contributed by atoms with E-state index in [4.69, 9.17) is 14.0 Å². The van der Waals surface area contributed by atoms with E-state index in [2.05, 4.69) is 25.4 Å². The van der Waals surface area contributed by atoms with Gasteiger partial charge in [-0.15, -0.1) is 15.3 Å². The largest absolute Gasteiger partial charge is 0.470 e. The van der Waals surface area contributed by atoms with Crippen molar-refractivity contribution < 1.29 is 18.8 Å². The van der Waals surface area contributed by atoms with Crippen LogP contribution < -0.4 is 4.74 Å². The molecule has 0 spiro atoms. The van der Waals surface area contributed by atoms with Crippen molar-refractivity contribution in [1.82, 2.24) is 34.9 Å². The lowest BCUT2D eigenvalue weighted by Gasteiger charge is -2.15. The second-order valence-electron chi connectivity index (χ2n) is 8.55. The number of methoxy groups -OCH3 is 1. The molecule has 1 amide bonds. The monoisotopic (exact) mass is 485 g/mol. The number of nitrogens with zero attached hydrogens (tertiary/aromatic N) is 7. The topological polar surface area (TPSA) is 121 Å². The van der Waals surface area contributed by atoms with Gasteiger partial charge in [-0.2, -0.15) is 4.52 Å². The van der Waals surface area contributed by atoms with E-state index in [1.807, 2.05) is 29.2 Å². The van der Waals surface area contributed by atoms with Crippen molar-refractivity contribution in [2.75, 3.05) is 20.2 Å². The molecule has 0 saturated carbocycles. The quantitative estimate of drug-likeness (QED) is 0.342. The maximum Gasteiger partial charge on any atom is 0.255 e. The molecule has 1 aliphatic heterocycles. The van der Waals surface area contributed by atoms with Crippen molar-refractivity contribution in [1.29, 1.82) is 0 Å². The highest BCUT2D eigenvalue weighted by Gasteiger charge is 2.21. The summed E-state index contributed by atoms with van der Waals surface area (Å²) in [4.78, 5) is 18.9. The third kappa shape index (κ3) is 4.03. The fourth-order valence-electron chi connectivity index (χ4n) is 4.33. The Kier molecular flexibility index (Phi) is 5.74. The van der Waals surface area contributed by atoms with Crippen LogP contribution in [0.5, 0.6) is 5.88 Å². The van der Waals surface area contributed by atoms with Crippen LogP contribution in [-0.2, 0) is 18.0 Å². The predicted molar refractivity (Wildman–Crippen MR) is 128 cm³/mol. The average molecular weight is 486 g/mol. The van der Waals surface area contributed by atoms with Crippen LogP contribution in [0.1, 0.15) is 34.7 Å². The molecule has 1 saturated heterocycles. The van der Waals surface area contributed by atoms with Crippen LogP contribution in [0.2, 0.25) is 0 Å². The number of likely N-dealkylation sites (tertiary alicyclic amines) is 1. The van der Waals surface area contributed by atoms with E-state index >= 15 is 0 Å². The number of pyridine rings is 1. The van der Waals surface area contributed by atoms with Crippen molar-refractivity contribution in [3.05, 3.63) is 65.7 Å². The zero-order valence-corrected chi connectivity index (χ0v) is 19.6. The molecule has 0 aliphatic carbocycles. The molecule has 5 aromatic rings. The Morgan fingerprint density at radius 2 is 1.89 bits per heavy atom. The van der Waals surface area contributed by atoms with Gasteiger partial charge in [-0.25, -0.2) is 0 Å². The van der Waals surface area contributed by atoms with Crippen LogP contribution in [0, 0.1) is 0 Å². The fourth-order valence-corrected chi connectivity index (χ4v) is 4.33. The minimum Gasteiger partial charge on any atom is -0.470 e. The van der Waals surface area contributed by atoms with E-state index in [0.717, 1.165) is 36.7 Å². The molecule has 6 rings (SSSR count). The van der Waals surface area contributed by atoms with Gasteiger partial charge in [0.05, 0.1) is 11.3 Å². The number of ether oxygens (including phenoxy) is 2. The minimum absolute atomic E-state index is 0.0206. The molecule has 36 heavy (non-hydrogen) atoms. The smallest absolute Gasteiger partial charge is 0.255 e. The molecule has 1 aliphatic rings. The molecule has 0 N–H and O–H groups in total. The first kappa shape index (κ1) is 22.1. The van der Waals surface area contributed by atoms with Gasteiger partial charge in [0.25, 0.3) is 5.91 Å². The molecule has 0 radical (unpaired) electrons. The molecule has 1 aromatic carbocycles. The second-order valence-corrected chi connectivity index (χ2v) is 8.55. The lowest BCUT2D eigenvalue weighted by atomic mass is 10.2. The summed E-state index contributed by atoms with van der Waals surface area (Å²) in [5, 5.41) is 19.0. The summed E-state index contributed by atoms with van der Waals surface area (Å²) in [5.41, 5.74) is 2.33. The highest BCUT2D eigenvalue weighted by atomic mass is 16.5. The molecule has 182 valence electrons. The van der Waals surface area contributed by atoms with Crippen molar-refractivity contribution in [3.63, 3.8) is 0 Å². The summed E-state index contributed by atoms with van der Waals surface area (Å²) in [7, 11) is 1.58. The van der Waals surface area contributed by atoms with E-state index in [-0.39, 0.29) is 12.5 Å². The van der Waals surface area contributed by atoms with Crippen LogP contribution >= 0.6 is 0 Å². The van der Waals surface area contributed by atoms with Gasteiger partial charge in [0.1, 0.15) is 13.2 Å². The first-order valence-corrected chi connectivity index (χ1v) is 11.7. The van der Waals surface area contributed by atoms with E-state index in [9.17, 15) is 4.79 Å². The first-order chi connectivity index (χ1) is 17.7. The maximum absolute atomic E-state index is 12.6. The Hall–Kier alpha value is -4.38. The SMILES string of the molecule is COCc1cc(-c2nnc3c4ccccc4c(OCc4ccc(C(=O)N5CCCC5)cn4)nn23)no1. The Balaban J connectivity index is 1.29. The van der Waals surface area contributed by atoms with Crippen molar-refractivity contribution >= 4 is 22.3 Å². The average Bonchev–Trinajstić information content (AvgIpc) is 3.68. The molecule has 11 nitrogen and oxygen atoms in total. The first-order valence-electron chi connectivity index (χ1n) is 11.7. The third-order valence-corrected chi connectivity index (χ3v) is 6.13. The summed E-state index contributed by atoms with van der Waals surface area (Å²) in [6, 6.07) is 13.0. The molecule has 0 bridgehead atoms. The number of aromatic nitrogens is 6. The lowest BCUT2D eigenvalue weighted by molar-refractivity contribution is 0.0792. The number of rotatable bonds is 7. The summed E-state index contributed by atoms with van der Waals surface area (Å²) >= 11 is 0. The van der Waals surface area contributed by atoms with Crippen LogP contribution in [0.4, 0.5) is 0 Å². The van der Waals surface area contributed by atoms with Gasteiger partial charge >= 0.3 is 0 Å². The number of hydrogen-bond acceptors (Lipinski definition) is 9. The lowest BCUT2D eigenvalue weighted by Crippen LogP contribution is -2.27. The molecule has 4 aromatic heterocycles. The van der Waals surface area contributed by atoms with Gasteiger partial charge in [-0.05, 0) is 31.0 Å². The number of hydrogen-bond donors (Lipinski definition) is 0. The molecular formula is C25H23N7O4. The molecule has 11 heteroatoms. The molecule has 1 fully saturated rings. The molecule has 0 unspecified atom stereocenters. The van der Waals surface area contributed by atoms with Gasteiger partial charge in [0.15, 0.2) is 17.1 Å². The zero-order valence-electron chi connectivity index (χ0n) is 19.6. The minimum atomic E-state index is 0.0206. The van der Waals surface area contributed by atoms with Crippen molar-refractivity contribution in [3.8, 4) is 17.4 Å². The molecule has 0 atom stereocenters. The van der Waals surface area contributed by atoms with Crippen molar-refractivity contribution in [2.24, 2.45) is 0 Å². The number of carbonyl (C=O) groups is 1. The number of benzene rings is 1. The van der Waals surface area contributed by atoms with Crippen LogP contribution in [0.3, 0.4) is 0 Å². The number of fused-ring (bicyclic) bond motifs is 3. The highest BCUT2D eigenvalue weighted by molar-refractivity contribution is 5.97. The van der Waals surface area contributed by atoms with E-state index in [0.29, 0.717) is 46.7 Å². The van der Waals surface area contributed by atoms with Gasteiger partial charge in [-0.3, -0.25) is 9.78 Å². The van der Waals surface area contributed by atoms with Crippen LogP contribution in [0.15, 0.2) is 53.2 Å². The van der Waals surface area contributed by atoms with Gasteiger partial charge in [0, 0.05) is 43.2 Å². The van der Waals surface area contributed by atoms with Crippen molar-refractivity contribution in [2.45, 2.75) is 26.1 Å². The zero-order chi connectivity index (χ0) is 24.5. The van der Waals surface area contributed by atoms with Crippen LogP contribution in [0.25, 0.3) is 27.9 Å². The maximum atomic E-state index is 12.6. The van der Waals surface area contributed by atoms with E-state index < -0.39 is 0 Å².